The topological polar surface area (TPSA) is 43.1 Å². The second-order valence-electron chi connectivity index (χ2n) is 3.06. The highest BCUT2D eigenvalue weighted by Crippen LogP contribution is 2.17. The zero-order valence-corrected chi connectivity index (χ0v) is 8.64. The minimum Gasteiger partial charge on any atom is -0.330 e. The molecule has 1 aromatic rings. The van der Waals surface area contributed by atoms with E-state index in [1.165, 1.54) is 11.3 Å². The van der Waals surface area contributed by atoms with Crippen molar-refractivity contribution in [3.05, 3.63) is 22.4 Å². The fourth-order valence-electron chi connectivity index (χ4n) is 1.32. The van der Waals surface area contributed by atoms with Crippen molar-refractivity contribution in [2.75, 3.05) is 6.54 Å². The summed E-state index contributed by atoms with van der Waals surface area (Å²) in [5, 5.41) is 1.92. The minimum atomic E-state index is 0.0173. The highest BCUT2D eigenvalue weighted by atomic mass is 32.1. The van der Waals surface area contributed by atoms with E-state index in [1.54, 1.807) is 0 Å². The van der Waals surface area contributed by atoms with E-state index >= 15 is 0 Å². The van der Waals surface area contributed by atoms with E-state index in [-0.39, 0.29) is 11.7 Å². The third-order valence-corrected chi connectivity index (χ3v) is 2.94. The average Bonchev–Trinajstić information content (AvgIpc) is 2.65. The Balaban J connectivity index is 2.65. The Bertz CT molecular complexity index is 256. The van der Waals surface area contributed by atoms with Crippen molar-refractivity contribution in [2.24, 2.45) is 11.7 Å². The van der Waals surface area contributed by atoms with Crippen LogP contribution in [0.5, 0.6) is 0 Å². The van der Waals surface area contributed by atoms with Crippen molar-refractivity contribution in [3.8, 4) is 0 Å². The number of carbonyl (C=O) groups excluding carboxylic acids is 1. The number of nitrogens with two attached hydrogens (primary N) is 1. The lowest BCUT2D eigenvalue weighted by molar-refractivity contribution is 0.0921. The fourth-order valence-corrected chi connectivity index (χ4v) is 2.07. The van der Waals surface area contributed by atoms with Crippen LogP contribution in [0, 0.1) is 5.92 Å². The van der Waals surface area contributed by atoms with Crippen LogP contribution in [0.25, 0.3) is 0 Å². The van der Waals surface area contributed by atoms with Crippen molar-refractivity contribution >= 4 is 17.1 Å². The normalized spacial score (nSPS) is 12.8. The molecule has 72 valence electrons. The number of thiophene rings is 1. The summed E-state index contributed by atoms with van der Waals surface area (Å²) in [6.07, 6.45) is 1.91. The number of ketones is 1. The van der Waals surface area contributed by atoms with Crippen molar-refractivity contribution in [1.82, 2.24) is 0 Å². The molecule has 0 aromatic carbocycles. The van der Waals surface area contributed by atoms with Gasteiger partial charge in [0.25, 0.3) is 0 Å². The van der Waals surface area contributed by atoms with Crippen LogP contribution >= 0.6 is 11.3 Å². The number of hydrogen-bond acceptors (Lipinski definition) is 3. The first kappa shape index (κ1) is 10.4. The Morgan fingerprint density at radius 2 is 2.46 bits per heavy atom. The molecule has 1 unspecified atom stereocenters. The molecule has 0 spiro atoms. The van der Waals surface area contributed by atoms with Gasteiger partial charge in [0.2, 0.25) is 0 Å². The highest BCUT2D eigenvalue weighted by Gasteiger charge is 2.17. The predicted molar refractivity (Wildman–Crippen MR) is 56.1 cm³/mol. The standard InChI is InChI=1S/C10H15NOS/c1-2-4-8(7-11)10(12)9-5-3-6-13-9/h3,5-6,8H,2,4,7,11H2,1H3. The Kier molecular flexibility index (Phi) is 4.12. The summed E-state index contributed by atoms with van der Waals surface area (Å²) in [4.78, 5) is 12.6. The molecule has 0 aliphatic carbocycles. The summed E-state index contributed by atoms with van der Waals surface area (Å²) in [7, 11) is 0. The van der Waals surface area contributed by atoms with Crippen molar-refractivity contribution in [3.63, 3.8) is 0 Å². The summed E-state index contributed by atoms with van der Waals surface area (Å²) in [5.41, 5.74) is 5.55. The molecule has 0 radical (unpaired) electrons. The van der Waals surface area contributed by atoms with Gasteiger partial charge in [0.05, 0.1) is 4.88 Å². The maximum absolute atomic E-state index is 11.8. The van der Waals surface area contributed by atoms with Crippen LogP contribution < -0.4 is 5.73 Å². The largest absolute Gasteiger partial charge is 0.330 e. The number of rotatable bonds is 5. The average molecular weight is 197 g/mol. The Labute approximate surface area is 82.8 Å². The van der Waals surface area contributed by atoms with E-state index in [1.807, 2.05) is 17.5 Å². The number of hydrogen-bond donors (Lipinski definition) is 1. The lowest BCUT2D eigenvalue weighted by Gasteiger charge is -2.10. The Morgan fingerprint density at radius 1 is 1.69 bits per heavy atom. The van der Waals surface area contributed by atoms with Gasteiger partial charge < -0.3 is 5.73 Å². The fraction of sp³-hybridized carbons (Fsp3) is 0.500. The number of carbonyl (C=O) groups is 1. The zero-order chi connectivity index (χ0) is 9.68. The lowest BCUT2D eigenvalue weighted by atomic mass is 9.98. The van der Waals surface area contributed by atoms with Crippen LogP contribution in [0.1, 0.15) is 29.4 Å². The molecule has 2 N–H and O–H groups in total. The zero-order valence-electron chi connectivity index (χ0n) is 7.82. The molecule has 1 rings (SSSR count). The van der Waals surface area contributed by atoms with Crippen molar-refractivity contribution in [1.29, 1.82) is 0 Å². The van der Waals surface area contributed by atoms with Crippen LogP contribution in [-0.4, -0.2) is 12.3 Å². The lowest BCUT2D eigenvalue weighted by Crippen LogP contribution is -2.22. The van der Waals surface area contributed by atoms with Crippen LogP contribution in [0.2, 0.25) is 0 Å². The molecule has 1 atom stereocenters. The molecule has 2 nitrogen and oxygen atoms in total. The Hall–Kier alpha value is -0.670. The summed E-state index contributed by atoms with van der Waals surface area (Å²) in [5.74, 6) is 0.225. The monoisotopic (exact) mass is 197 g/mol. The van der Waals surface area contributed by atoms with Crippen molar-refractivity contribution < 1.29 is 4.79 Å². The van der Waals surface area contributed by atoms with Gasteiger partial charge in [0.1, 0.15) is 0 Å². The van der Waals surface area contributed by atoms with Gasteiger partial charge in [-0.05, 0) is 17.9 Å². The van der Waals surface area contributed by atoms with E-state index in [0.29, 0.717) is 6.54 Å². The van der Waals surface area contributed by atoms with E-state index in [2.05, 4.69) is 6.92 Å². The smallest absolute Gasteiger partial charge is 0.177 e. The first-order valence-electron chi connectivity index (χ1n) is 4.57. The first-order valence-corrected chi connectivity index (χ1v) is 5.45. The molecule has 0 aliphatic rings. The van der Waals surface area contributed by atoms with E-state index in [9.17, 15) is 4.79 Å². The van der Waals surface area contributed by atoms with Gasteiger partial charge in [0, 0.05) is 12.5 Å². The highest BCUT2D eigenvalue weighted by molar-refractivity contribution is 7.12. The molecule has 0 fully saturated rings. The van der Waals surface area contributed by atoms with Gasteiger partial charge >= 0.3 is 0 Å². The van der Waals surface area contributed by atoms with E-state index in [4.69, 9.17) is 5.73 Å². The van der Waals surface area contributed by atoms with Gasteiger partial charge in [-0.25, -0.2) is 0 Å². The predicted octanol–water partition coefficient (Wildman–Crippen LogP) is 2.31. The second kappa shape index (κ2) is 5.14. The molecule has 0 amide bonds. The molecule has 0 bridgehead atoms. The summed E-state index contributed by atoms with van der Waals surface area (Å²) in [6.45, 7) is 2.54. The quantitative estimate of drug-likeness (QED) is 0.736. The molecule has 0 saturated carbocycles. The molecule has 13 heavy (non-hydrogen) atoms. The molecular weight excluding hydrogens is 182 g/mol. The Morgan fingerprint density at radius 3 is 2.92 bits per heavy atom. The third kappa shape index (κ3) is 2.64. The van der Waals surface area contributed by atoms with Gasteiger partial charge in [-0.1, -0.05) is 19.4 Å². The molecule has 0 aliphatic heterocycles. The van der Waals surface area contributed by atoms with Gasteiger partial charge in [0.15, 0.2) is 5.78 Å². The van der Waals surface area contributed by atoms with Crippen LogP contribution in [-0.2, 0) is 0 Å². The minimum absolute atomic E-state index is 0.0173. The van der Waals surface area contributed by atoms with E-state index in [0.717, 1.165) is 17.7 Å². The SMILES string of the molecule is CCCC(CN)C(=O)c1cccs1. The molecule has 1 aromatic heterocycles. The third-order valence-electron chi connectivity index (χ3n) is 2.06. The second-order valence-corrected chi connectivity index (χ2v) is 4.01. The molecule has 3 heteroatoms. The molecule has 1 heterocycles. The van der Waals surface area contributed by atoms with E-state index < -0.39 is 0 Å². The summed E-state index contributed by atoms with van der Waals surface area (Å²) in [6, 6.07) is 3.77. The maximum Gasteiger partial charge on any atom is 0.177 e. The first-order chi connectivity index (χ1) is 6.29. The molecular formula is C10H15NOS. The van der Waals surface area contributed by atoms with Crippen LogP contribution in [0.4, 0.5) is 0 Å². The van der Waals surface area contributed by atoms with Crippen molar-refractivity contribution in [2.45, 2.75) is 19.8 Å². The molecule has 0 saturated heterocycles. The van der Waals surface area contributed by atoms with Gasteiger partial charge in [-0.2, -0.15) is 0 Å². The van der Waals surface area contributed by atoms with Gasteiger partial charge in [-0.15, -0.1) is 11.3 Å². The van der Waals surface area contributed by atoms with Crippen LogP contribution in [0.3, 0.4) is 0 Å². The van der Waals surface area contributed by atoms with Crippen LogP contribution in [0.15, 0.2) is 17.5 Å². The van der Waals surface area contributed by atoms with Gasteiger partial charge in [-0.3, -0.25) is 4.79 Å². The number of Topliss-reactive ketones (excluding diaryl/α,β-unsaturated/α-hetero) is 1. The summed E-state index contributed by atoms with van der Waals surface area (Å²) >= 11 is 1.50. The summed E-state index contributed by atoms with van der Waals surface area (Å²) < 4.78 is 0. The maximum atomic E-state index is 11.8.